The standard InChI is InChI=1S/C28H21NO/c1-30-26-18-16-22(17-19-26)21-12-14-25(15-13-21)28(24-10-6-3-7-11-24)27(20-29)23-8-4-2-5-9-23/h2-19H,1H3/b28-27+. The Morgan fingerprint density at radius 3 is 1.57 bits per heavy atom. The van der Waals surface area contributed by atoms with Crippen molar-refractivity contribution in [3.63, 3.8) is 0 Å². The largest absolute Gasteiger partial charge is 0.497 e. The summed E-state index contributed by atoms with van der Waals surface area (Å²) in [7, 11) is 1.67. The van der Waals surface area contributed by atoms with Crippen LogP contribution in [0.4, 0.5) is 0 Å². The van der Waals surface area contributed by atoms with Gasteiger partial charge in [0, 0.05) is 5.57 Å². The summed E-state index contributed by atoms with van der Waals surface area (Å²) in [6.07, 6.45) is 0. The molecule has 0 saturated heterocycles. The second-order valence-corrected chi connectivity index (χ2v) is 6.90. The molecule has 0 atom stereocenters. The third-order valence-electron chi connectivity index (χ3n) is 5.08. The normalized spacial score (nSPS) is 11.3. The third-order valence-corrected chi connectivity index (χ3v) is 5.08. The summed E-state index contributed by atoms with van der Waals surface area (Å²) in [5.74, 6) is 0.839. The predicted octanol–water partition coefficient (Wildman–Crippen LogP) is 6.84. The van der Waals surface area contributed by atoms with Gasteiger partial charge in [0.15, 0.2) is 0 Å². The van der Waals surface area contributed by atoms with Crippen molar-refractivity contribution in [3.8, 4) is 22.9 Å². The molecule has 0 bridgehead atoms. The van der Waals surface area contributed by atoms with Crippen LogP contribution < -0.4 is 4.74 Å². The molecule has 0 fully saturated rings. The van der Waals surface area contributed by atoms with Gasteiger partial charge >= 0.3 is 0 Å². The van der Waals surface area contributed by atoms with E-state index in [0.717, 1.165) is 39.1 Å². The van der Waals surface area contributed by atoms with E-state index in [1.54, 1.807) is 7.11 Å². The fraction of sp³-hybridized carbons (Fsp3) is 0.0357. The van der Waals surface area contributed by atoms with Crippen LogP contribution in [0, 0.1) is 11.3 Å². The maximum atomic E-state index is 10.0. The second kappa shape index (κ2) is 8.94. The molecular weight excluding hydrogens is 366 g/mol. The molecule has 0 aliphatic heterocycles. The van der Waals surface area contributed by atoms with E-state index in [9.17, 15) is 5.26 Å². The molecule has 0 saturated carbocycles. The molecule has 144 valence electrons. The fourth-order valence-corrected chi connectivity index (χ4v) is 3.54. The lowest BCUT2D eigenvalue weighted by Gasteiger charge is -2.13. The summed E-state index contributed by atoms with van der Waals surface area (Å²) < 4.78 is 5.25. The Labute approximate surface area is 177 Å². The van der Waals surface area contributed by atoms with Crippen LogP contribution in [-0.4, -0.2) is 7.11 Å². The zero-order valence-electron chi connectivity index (χ0n) is 16.7. The van der Waals surface area contributed by atoms with Gasteiger partial charge in [0.05, 0.1) is 12.7 Å². The Bertz CT molecular complexity index is 1180. The zero-order valence-corrected chi connectivity index (χ0v) is 16.7. The first-order valence-electron chi connectivity index (χ1n) is 9.80. The van der Waals surface area contributed by atoms with Crippen molar-refractivity contribution in [1.82, 2.24) is 0 Å². The minimum Gasteiger partial charge on any atom is -0.497 e. The highest BCUT2D eigenvalue weighted by Gasteiger charge is 2.14. The molecule has 0 aliphatic rings. The highest BCUT2D eigenvalue weighted by Crippen LogP contribution is 2.33. The molecule has 4 aromatic carbocycles. The van der Waals surface area contributed by atoms with Crippen LogP contribution in [-0.2, 0) is 0 Å². The Morgan fingerprint density at radius 2 is 1.07 bits per heavy atom. The molecule has 2 nitrogen and oxygen atoms in total. The Kier molecular flexibility index (Phi) is 5.73. The van der Waals surface area contributed by atoms with Crippen LogP contribution in [0.25, 0.3) is 22.3 Å². The number of hydrogen-bond acceptors (Lipinski definition) is 2. The lowest BCUT2D eigenvalue weighted by molar-refractivity contribution is 0.415. The average Bonchev–Trinajstić information content (AvgIpc) is 2.84. The SMILES string of the molecule is COc1ccc(-c2ccc(/C(=C(\C#N)c3ccccc3)c3ccccc3)cc2)cc1. The van der Waals surface area contributed by atoms with Crippen LogP contribution in [0.2, 0.25) is 0 Å². The van der Waals surface area contributed by atoms with E-state index in [1.165, 1.54) is 0 Å². The summed E-state index contributed by atoms with van der Waals surface area (Å²) in [5.41, 5.74) is 6.79. The van der Waals surface area contributed by atoms with Crippen molar-refractivity contribution in [2.75, 3.05) is 7.11 Å². The van der Waals surface area contributed by atoms with Gasteiger partial charge < -0.3 is 4.74 Å². The molecular formula is C28H21NO. The summed E-state index contributed by atoms with van der Waals surface area (Å²) in [6.45, 7) is 0. The Hall–Kier alpha value is -4.09. The van der Waals surface area contributed by atoms with E-state index in [1.807, 2.05) is 84.9 Å². The molecule has 0 aromatic heterocycles. The minimum absolute atomic E-state index is 0.666. The number of hydrogen-bond donors (Lipinski definition) is 0. The third kappa shape index (κ3) is 4.01. The molecule has 0 unspecified atom stereocenters. The lowest BCUT2D eigenvalue weighted by atomic mass is 9.89. The van der Waals surface area contributed by atoms with Crippen LogP contribution in [0.3, 0.4) is 0 Å². The van der Waals surface area contributed by atoms with E-state index in [0.29, 0.717) is 5.57 Å². The molecule has 2 heteroatoms. The molecule has 0 heterocycles. The van der Waals surface area contributed by atoms with Gasteiger partial charge in [0.25, 0.3) is 0 Å². The van der Waals surface area contributed by atoms with Crippen molar-refractivity contribution in [3.05, 3.63) is 126 Å². The number of rotatable bonds is 5. The molecule has 4 rings (SSSR count). The first kappa shape index (κ1) is 19.2. The van der Waals surface area contributed by atoms with Crippen molar-refractivity contribution < 1.29 is 4.74 Å². The van der Waals surface area contributed by atoms with Crippen LogP contribution in [0.5, 0.6) is 5.75 Å². The highest BCUT2D eigenvalue weighted by atomic mass is 16.5. The summed E-state index contributed by atoms with van der Waals surface area (Å²) in [5, 5.41) is 10.0. The first-order valence-corrected chi connectivity index (χ1v) is 9.80. The van der Waals surface area contributed by atoms with Crippen molar-refractivity contribution in [2.24, 2.45) is 0 Å². The summed E-state index contributed by atoms with van der Waals surface area (Å²) in [4.78, 5) is 0. The smallest absolute Gasteiger partial charge is 0.118 e. The predicted molar refractivity (Wildman–Crippen MR) is 123 cm³/mol. The van der Waals surface area contributed by atoms with Crippen LogP contribution in [0.1, 0.15) is 16.7 Å². The number of methoxy groups -OCH3 is 1. The van der Waals surface area contributed by atoms with Gasteiger partial charge in [0.1, 0.15) is 11.8 Å². The quantitative estimate of drug-likeness (QED) is 0.277. The number of ether oxygens (including phenoxy) is 1. The Balaban J connectivity index is 1.82. The maximum Gasteiger partial charge on any atom is 0.118 e. The van der Waals surface area contributed by atoms with E-state index in [2.05, 4.69) is 30.3 Å². The molecule has 0 radical (unpaired) electrons. The van der Waals surface area contributed by atoms with Crippen molar-refractivity contribution in [1.29, 1.82) is 5.26 Å². The number of allylic oxidation sites excluding steroid dienone is 1. The highest BCUT2D eigenvalue weighted by molar-refractivity contribution is 6.03. The van der Waals surface area contributed by atoms with E-state index in [4.69, 9.17) is 4.74 Å². The molecule has 0 aliphatic carbocycles. The molecule has 30 heavy (non-hydrogen) atoms. The number of nitriles is 1. The van der Waals surface area contributed by atoms with Gasteiger partial charge in [-0.2, -0.15) is 5.26 Å². The second-order valence-electron chi connectivity index (χ2n) is 6.90. The van der Waals surface area contributed by atoms with Crippen molar-refractivity contribution >= 4 is 11.1 Å². The lowest BCUT2D eigenvalue weighted by Crippen LogP contribution is -1.94. The van der Waals surface area contributed by atoms with E-state index >= 15 is 0 Å². The Morgan fingerprint density at radius 1 is 0.600 bits per heavy atom. The zero-order chi connectivity index (χ0) is 20.8. The molecule has 0 amide bonds. The monoisotopic (exact) mass is 387 g/mol. The van der Waals surface area contributed by atoms with Gasteiger partial charge in [-0.1, -0.05) is 97.1 Å². The number of benzene rings is 4. The number of nitrogens with zero attached hydrogens (tertiary/aromatic N) is 1. The van der Waals surface area contributed by atoms with Crippen molar-refractivity contribution in [2.45, 2.75) is 0 Å². The molecule has 4 aromatic rings. The minimum atomic E-state index is 0.666. The topological polar surface area (TPSA) is 33.0 Å². The summed E-state index contributed by atoms with van der Waals surface area (Å²) >= 11 is 0. The van der Waals surface area contributed by atoms with Gasteiger partial charge in [-0.3, -0.25) is 0 Å². The van der Waals surface area contributed by atoms with Crippen LogP contribution >= 0.6 is 0 Å². The average molecular weight is 387 g/mol. The van der Waals surface area contributed by atoms with Crippen LogP contribution in [0.15, 0.2) is 109 Å². The first-order chi connectivity index (χ1) is 14.8. The maximum absolute atomic E-state index is 10.0. The van der Waals surface area contributed by atoms with E-state index in [-0.39, 0.29) is 0 Å². The molecule has 0 N–H and O–H groups in total. The van der Waals surface area contributed by atoms with Gasteiger partial charge in [0.2, 0.25) is 0 Å². The fourth-order valence-electron chi connectivity index (χ4n) is 3.54. The van der Waals surface area contributed by atoms with Gasteiger partial charge in [-0.25, -0.2) is 0 Å². The van der Waals surface area contributed by atoms with Gasteiger partial charge in [-0.15, -0.1) is 0 Å². The van der Waals surface area contributed by atoms with Gasteiger partial charge in [-0.05, 0) is 39.9 Å². The summed E-state index contributed by atoms with van der Waals surface area (Å²) in [6, 6.07) is 38.8. The van der Waals surface area contributed by atoms with E-state index < -0.39 is 0 Å². The molecule has 0 spiro atoms.